The lowest BCUT2D eigenvalue weighted by Crippen LogP contribution is -2.58. The summed E-state index contributed by atoms with van der Waals surface area (Å²) in [6.45, 7) is 4.96. The van der Waals surface area contributed by atoms with E-state index in [2.05, 4.69) is 16.8 Å². The Morgan fingerprint density at radius 3 is 2.72 bits per heavy atom. The van der Waals surface area contributed by atoms with Crippen molar-refractivity contribution in [2.45, 2.75) is 25.9 Å². The van der Waals surface area contributed by atoms with Crippen LogP contribution in [0.25, 0.3) is 10.9 Å². The van der Waals surface area contributed by atoms with Gasteiger partial charge in [-0.05, 0) is 20.9 Å². The molecule has 0 amide bonds. The highest BCUT2D eigenvalue weighted by molar-refractivity contribution is 14.1. The van der Waals surface area contributed by atoms with Crippen molar-refractivity contribution in [2.75, 3.05) is 31.6 Å². The summed E-state index contributed by atoms with van der Waals surface area (Å²) in [6, 6.07) is 0.133. The lowest BCUT2D eigenvalue weighted by molar-refractivity contribution is 0.164. The van der Waals surface area contributed by atoms with E-state index in [4.69, 9.17) is 4.74 Å². The van der Waals surface area contributed by atoms with Crippen LogP contribution < -0.4 is 15.3 Å². The molecule has 2 aromatic rings. The van der Waals surface area contributed by atoms with Crippen molar-refractivity contribution in [1.29, 1.82) is 0 Å². The molecule has 2 aliphatic heterocycles. The molecule has 2 aliphatic rings. The molecule has 0 bridgehead atoms. The van der Waals surface area contributed by atoms with Crippen LogP contribution in [0.1, 0.15) is 12.5 Å². The maximum atomic E-state index is 14.8. The Bertz CT molecular complexity index is 948. The van der Waals surface area contributed by atoms with Crippen LogP contribution in [0.2, 0.25) is 0 Å². The number of benzene rings is 1. The second-order valence-corrected chi connectivity index (χ2v) is 7.68. The minimum Gasteiger partial charge on any atom is -0.487 e. The van der Waals surface area contributed by atoms with E-state index in [1.54, 1.807) is 22.9 Å². The quantitative estimate of drug-likeness (QED) is 0.562. The lowest BCUT2D eigenvalue weighted by Gasteiger charge is -2.43. The molecule has 0 aliphatic carbocycles. The fourth-order valence-electron chi connectivity index (χ4n) is 3.56. The predicted molar refractivity (Wildman–Crippen MR) is 98.8 cm³/mol. The van der Waals surface area contributed by atoms with Crippen LogP contribution in [-0.2, 0) is 0 Å². The van der Waals surface area contributed by atoms with Gasteiger partial charge in [-0.25, -0.2) is 16.4 Å². The number of piperazine rings is 1. The first-order valence-electron chi connectivity index (χ1n) is 8.01. The Labute approximate surface area is 156 Å². The summed E-state index contributed by atoms with van der Waals surface area (Å²) in [5.74, 6) is -1.20. The van der Waals surface area contributed by atoms with Crippen molar-refractivity contribution in [3.05, 3.63) is 27.7 Å². The van der Waals surface area contributed by atoms with E-state index in [9.17, 15) is 13.6 Å². The second kappa shape index (κ2) is 5.76. The largest absolute Gasteiger partial charge is 0.487 e. The summed E-state index contributed by atoms with van der Waals surface area (Å²) in [4.78, 5) is 20.6. The van der Waals surface area contributed by atoms with Gasteiger partial charge in [0.15, 0.2) is 17.4 Å². The normalized spacial score (nSPS) is 23.4. The minimum absolute atomic E-state index is 0.0217. The highest BCUT2D eigenvalue weighted by Crippen LogP contribution is 2.41. The third-order valence-corrected chi connectivity index (χ3v) is 6.06. The van der Waals surface area contributed by atoms with Crippen molar-refractivity contribution < 1.29 is 13.5 Å². The number of ether oxygens (including phenoxy) is 1. The Balaban J connectivity index is 2.09. The molecule has 0 spiro atoms. The summed E-state index contributed by atoms with van der Waals surface area (Å²) in [6.07, 6.45) is 0. The van der Waals surface area contributed by atoms with Crippen molar-refractivity contribution in [3.8, 4) is 5.75 Å². The average molecular weight is 462 g/mol. The molecule has 0 saturated carbocycles. The van der Waals surface area contributed by atoms with Crippen LogP contribution >= 0.6 is 22.9 Å². The van der Waals surface area contributed by atoms with Crippen LogP contribution in [-0.4, -0.2) is 51.5 Å². The van der Waals surface area contributed by atoms with Gasteiger partial charge in [0.1, 0.15) is 17.9 Å². The van der Waals surface area contributed by atoms with Crippen molar-refractivity contribution in [1.82, 2.24) is 12.7 Å². The van der Waals surface area contributed by atoms with Crippen LogP contribution in [0.15, 0.2) is 4.79 Å². The van der Waals surface area contributed by atoms with Crippen LogP contribution in [0.4, 0.5) is 14.6 Å². The highest BCUT2D eigenvalue weighted by atomic mass is 127. The maximum absolute atomic E-state index is 14.8. The van der Waals surface area contributed by atoms with E-state index in [0.29, 0.717) is 18.9 Å². The molecule has 9 heteroatoms. The molecule has 4 rings (SSSR count). The number of likely N-dealkylation sites (N-methyl/N-ethyl adjacent to an activating group) is 1. The molecule has 25 heavy (non-hydrogen) atoms. The number of nitrogens with zero attached hydrogens (tertiary/aromatic N) is 4. The van der Waals surface area contributed by atoms with Gasteiger partial charge >= 0.3 is 5.69 Å². The van der Waals surface area contributed by atoms with Crippen molar-refractivity contribution >= 4 is 39.6 Å². The van der Waals surface area contributed by atoms with E-state index in [1.807, 2.05) is 11.9 Å². The molecule has 134 valence electrons. The Morgan fingerprint density at radius 1 is 1.28 bits per heavy atom. The molecule has 1 aromatic carbocycles. The number of anilines is 1. The summed E-state index contributed by atoms with van der Waals surface area (Å²) in [5.41, 5.74) is -0.710. The summed E-state index contributed by atoms with van der Waals surface area (Å²) >= 11 is 1.70. The molecular formula is C16H17F2IN4O2. The van der Waals surface area contributed by atoms with Gasteiger partial charge in [0.2, 0.25) is 0 Å². The molecule has 1 aromatic heterocycles. The average Bonchev–Trinajstić information content (AvgIpc) is 2.71. The minimum atomic E-state index is -0.754. The fourth-order valence-corrected chi connectivity index (χ4v) is 4.12. The number of rotatable bonds is 0. The van der Waals surface area contributed by atoms with Gasteiger partial charge in [-0.3, -0.25) is 4.90 Å². The standard InChI is InChI=1S/C16H17F2IN4O2/c1-7-4-22-9(5-21(7)3)6-25-14-10-13(11(17)8(2)12(14)18)23(19)16(24)20-15(10)22/h7,9H,4-6H2,1-3H3. The van der Waals surface area contributed by atoms with Crippen molar-refractivity contribution in [2.24, 2.45) is 0 Å². The van der Waals surface area contributed by atoms with Gasteiger partial charge < -0.3 is 9.64 Å². The first kappa shape index (κ1) is 17.0. The van der Waals surface area contributed by atoms with Gasteiger partial charge in [0.25, 0.3) is 0 Å². The molecule has 2 unspecified atom stereocenters. The number of aromatic nitrogens is 2. The fraction of sp³-hybridized carbons (Fsp3) is 0.500. The van der Waals surface area contributed by atoms with Gasteiger partial charge in [-0.2, -0.15) is 4.98 Å². The topological polar surface area (TPSA) is 50.6 Å². The first-order valence-corrected chi connectivity index (χ1v) is 8.97. The van der Waals surface area contributed by atoms with Gasteiger partial charge in [-0.1, -0.05) is 0 Å². The number of hydrogen-bond acceptors (Lipinski definition) is 5. The molecule has 0 radical (unpaired) electrons. The highest BCUT2D eigenvalue weighted by Gasteiger charge is 2.37. The Morgan fingerprint density at radius 2 is 2.00 bits per heavy atom. The Kier molecular flexibility index (Phi) is 3.91. The zero-order valence-corrected chi connectivity index (χ0v) is 16.2. The van der Waals surface area contributed by atoms with E-state index < -0.39 is 17.3 Å². The smallest absolute Gasteiger partial charge is 0.359 e. The summed E-state index contributed by atoms with van der Waals surface area (Å²) in [7, 11) is 2.01. The van der Waals surface area contributed by atoms with E-state index in [1.165, 1.54) is 6.92 Å². The molecule has 2 atom stereocenters. The third-order valence-electron chi connectivity index (χ3n) is 5.16. The zero-order chi connectivity index (χ0) is 18.0. The van der Waals surface area contributed by atoms with E-state index in [0.717, 1.165) is 2.78 Å². The van der Waals surface area contributed by atoms with Gasteiger partial charge in [0, 0.05) is 24.7 Å². The number of hydrogen-bond donors (Lipinski definition) is 0. The van der Waals surface area contributed by atoms with Crippen LogP contribution in [0, 0.1) is 18.6 Å². The molecule has 3 heterocycles. The zero-order valence-electron chi connectivity index (χ0n) is 14.0. The number of halogens is 3. The molecule has 1 fully saturated rings. The monoisotopic (exact) mass is 462 g/mol. The van der Waals surface area contributed by atoms with Gasteiger partial charge in [0.05, 0.1) is 34.3 Å². The molecular weight excluding hydrogens is 445 g/mol. The maximum Gasteiger partial charge on any atom is 0.359 e. The summed E-state index contributed by atoms with van der Waals surface area (Å²) in [5, 5.41) is 0.230. The van der Waals surface area contributed by atoms with Gasteiger partial charge in [-0.15, -0.1) is 0 Å². The SMILES string of the molecule is Cc1c(F)c2c3c(nc(=O)n(I)c3c1F)N1CC(C)N(C)CC1CO2. The molecule has 0 N–H and O–H groups in total. The Hall–Kier alpha value is -1.49. The molecule has 1 saturated heterocycles. The lowest BCUT2D eigenvalue weighted by atomic mass is 10.1. The summed E-state index contributed by atoms with van der Waals surface area (Å²) < 4.78 is 36.4. The van der Waals surface area contributed by atoms with Crippen molar-refractivity contribution in [3.63, 3.8) is 0 Å². The second-order valence-electron chi connectivity index (χ2n) is 6.71. The van der Waals surface area contributed by atoms with Crippen LogP contribution in [0.3, 0.4) is 0 Å². The molecule has 6 nitrogen and oxygen atoms in total. The number of fused-ring (bicyclic) bond motifs is 2. The predicted octanol–water partition coefficient (Wildman–Crippen LogP) is 2.08. The third kappa shape index (κ3) is 2.35. The first-order chi connectivity index (χ1) is 11.8. The van der Waals surface area contributed by atoms with Crippen LogP contribution in [0.5, 0.6) is 5.75 Å². The van der Waals surface area contributed by atoms with E-state index in [-0.39, 0.29) is 40.9 Å². The van der Waals surface area contributed by atoms with E-state index >= 15 is 0 Å².